The Hall–Kier alpha value is -1.66. The smallest absolute Gasteiger partial charge is 0.257 e. The SMILES string of the molecule is COc1cc([C@H]2C3=CC[C@@H]4C(=O)N(O)C(=O)[C@@H]4[C@@H]3C[C@@]3(Cl)C(=O)N(CBr)C(=O)[C@@]23Cl)cc(Br)c1O. The molecular weight excluding hydrogens is 635 g/mol. The van der Waals surface area contributed by atoms with E-state index in [1.807, 2.05) is 0 Å². The van der Waals surface area contributed by atoms with Gasteiger partial charge in [-0.05, 0) is 52.4 Å². The molecule has 4 amide bonds. The van der Waals surface area contributed by atoms with Crippen LogP contribution < -0.4 is 4.74 Å². The first-order valence-corrected chi connectivity index (χ1v) is 13.2. The number of amides is 4. The summed E-state index contributed by atoms with van der Waals surface area (Å²) in [7, 11) is 1.36. The number of benzene rings is 1. The van der Waals surface area contributed by atoms with Crippen molar-refractivity contribution in [3.8, 4) is 11.5 Å². The molecule has 2 heterocycles. The molecular formula is C22H18Br2Cl2N2O7. The molecule has 35 heavy (non-hydrogen) atoms. The number of imide groups is 2. The number of fused-ring (bicyclic) bond motifs is 4. The standard InChI is InChI=1S/C22H18Br2Cl2N2O7/c1-35-13-5-8(4-12(24)16(13)29)15-9-2-3-10-14(18(31)28(34)17(10)30)11(9)6-21(25)19(32)27(7-23)20(33)22(15,21)26/h2,4-5,10-11,14-15,29,34H,3,6-7H2,1H3/t10-,11+,14-,15-,21+,22-/m0/s1. The van der Waals surface area contributed by atoms with Crippen molar-refractivity contribution in [1.29, 1.82) is 0 Å². The number of hydrogen-bond donors (Lipinski definition) is 2. The Bertz CT molecular complexity index is 1240. The van der Waals surface area contributed by atoms with Crippen LogP contribution in [-0.2, 0) is 19.2 Å². The number of nitrogens with zero attached hydrogens (tertiary/aromatic N) is 2. The van der Waals surface area contributed by atoms with Crippen molar-refractivity contribution in [2.75, 3.05) is 12.6 Å². The molecule has 0 bridgehead atoms. The lowest BCUT2D eigenvalue weighted by molar-refractivity contribution is -0.173. The zero-order chi connectivity index (χ0) is 25.6. The van der Waals surface area contributed by atoms with E-state index in [0.717, 1.165) is 4.90 Å². The first-order chi connectivity index (χ1) is 16.4. The number of allylic oxidation sites excluding steroid dienone is 2. The number of halogens is 4. The van der Waals surface area contributed by atoms with Crippen LogP contribution in [0, 0.1) is 17.8 Å². The van der Waals surface area contributed by atoms with Crippen molar-refractivity contribution in [2.24, 2.45) is 17.8 Å². The van der Waals surface area contributed by atoms with Crippen LogP contribution in [0.2, 0.25) is 0 Å². The molecule has 13 heteroatoms. The third kappa shape index (κ3) is 3.02. The van der Waals surface area contributed by atoms with E-state index in [0.29, 0.717) is 11.1 Å². The Labute approximate surface area is 226 Å². The molecule has 2 saturated heterocycles. The Morgan fingerprint density at radius 2 is 1.83 bits per heavy atom. The Kier molecular flexibility index (Phi) is 5.84. The van der Waals surface area contributed by atoms with Crippen molar-refractivity contribution in [2.45, 2.75) is 28.5 Å². The van der Waals surface area contributed by atoms with Crippen LogP contribution in [0.4, 0.5) is 0 Å². The summed E-state index contributed by atoms with van der Waals surface area (Å²) < 4.78 is 5.54. The van der Waals surface area contributed by atoms with Crippen molar-refractivity contribution in [3.05, 3.63) is 33.8 Å². The highest BCUT2D eigenvalue weighted by molar-refractivity contribution is 9.10. The number of phenolic OH excluding ortho intramolecular Hbond substituents is 1. The van der Waals surface area contributed by atoms with Gasteiger partial charge < -0.3 is 9.84 Å². The summed E-state index contributed by atoms with van der Waals surface area (Å²) >= 11 is 20.6. The predicted molar refractivity (Wildman–Crippen MR) is 129 cm³/mol. The summed E-state index contributed by atoms with van der Waals surface area (Å²) in [6, 6.07) is 3.05. The third-order valence-corrected chi connectivity index (χ3v) is 10.1. The molecule has 4 aliphatic rings. The normalized spacial score (nSPS) is 36.2. The Morgan fingerprint density at radius 3 is 2.46 bits per heavy atom. The maximum absolute atomic E-state index is 13.6. The van der Waals surface area contributed by atoms with Gasteiger partial charge >= 0.3 is 0 Å². The minimum Gasteiger partial charge on any atom is -0.503 e. The van der Waals surface area contributed by atoms with Gasteiger partial charge in [0.15, 0.2) is 21.2 Å². The number of hydroxylamine groups is 2. The Morgan fingerprint density at radius 1 is 1.14 bits per heavy atom. The highest BCUT2D eigenvalue weighted by Crippen LogP contribution is 2.65. The monoisotopic (exact) mass is 650 g/mol. The molecule has 0 radical (unpaired) electrons. The van der Waals surface area contributed by atoms with Gasteiger partial charge in [-0.25, -0.2) is 0 Å². The van der Waals surface area contributed by atoms with Gasteiger partial charge in [-0.3, -0.25) is 29.3 Å². The fourth-order valence-electron chi connectivity index (χ4n) is 6.03. The number of hydrogen-bond acceptors (Lipinski definition) is 7. The van der Waals surface area contributed by atoms with Gasteiger partial charge in [0.05, 0.1) is 28.9 Å². The van der Waals surface area contributed by atoms with E-state index in [2.05, 4.69) is 31.9 Å². The van der Waals surface area contributed by atoms with Crippen LogP contribution in [-0.4, -0.2) is 66.2 Å². The van der Waals surface area contributed by atoms with E-state index in [1.54, 1.807) is 12.1 Å². The van der Waals surface area contributed by atoms with E-state index in [9.17, 15) is 29.5 Å². The van der Waals surface area contributed by atoms with E-state index < -0.39 is 57.0 Å². The van der Waals surface area contributed by atoms with Gasteiger partial charge in [-0.1, -0.05) is 27.6 Å². The third-order valence-electron chi connectivity index (χ3n) is 7.60. The molecule has 5 rings (SSSR count). The van der Waals surface area contributed by atoms with Crippen LogP contribution in [0.3, 0.4) is 0 Å². The van der Waals surface area contributed by atoms with Crippen molar-refractivity contribution in [1.82, 2.24) is 9.96 Å². The van der Waals surface area contributed by atoms with Crippen molar-refractivity contribution >= 4 is 78.7 Å². The highest BCUT2D eigenvalue weighted by atomic mass is 79.9. The average molecular weight is 653 g/mol. The first-order valence-electron chi connectivity index (χ1n) is 10.6. The number of phenols is 1. The summed E-state index contributed by atoms with van der Waals surface area (Å²) in [6.45, 7) is 0. The number of alkyl halides is 3. The number of methoxy groups -OCH3 is 1. The zero-order valence-electron chi connectivity index (χ0n) is 18.0. The summed E-state index contributed by atoms with van der Waals surface area (Å²) in [4.78, 5) is 49.5. The largest absolute Gasteiger partial charge is 0.503 e. The lowest BCUT2D eigenvalue weighted by Gasteiger charge is -2.50. The summed E-state index contributed by atoms with van der Waals surface area (Å²) in [5.74, 6) is -6.54. The highest BCUT2D eigenvalue weighted by Gasteiger charge is 2.76. The van der Waals surface area contributed by atoms with Gasteiger partial charge in [0.2, 0.25) is 0 Å². The zero-order valence-corrected chi connectivity index (χ0v) is 22.7. The molecule has 2 aliphatic heterocycles. The van der Waals surface area contributed by atoms with Crippen LogP contribution in [0.25, 0.3) is 0 Å². The molecule has 0 spiro atoms. The minimum absolute atomic E-state index is 0.0917. The van der Waals surface area contributed by atoms with E-state index >= 15 is 0 Å². The molecule has 1 aromatic rings. The van der Waals surface area contributed by atoms with Crippen LogP contribution >= 0.6 is 55.1 Å². The van der Waals surface area contributed by atoms with Gasteiger partial charge in [-0.2, -0.15) is 5.06 Å². The van der Waals surface area contributed by atoms with Crippen LogP contribution in [0.5, 0.6) is 11.5 Å². The Balaban J connectivity index is 1.78. The molecule has 186 valence electrons. The van der Waals surface area contributed by atoms with Gasteiger partial charge in [0.25, 0.3) is 23.6 Å². The molecule has 0 aromatic heterocycles. The summed E-state index contributed by atoms with van der Waals surface area (Å²) in [5.41, 5.74) is 0.836. The number of rotatable bonds is 3. The number of carbonyl (C=O) groups excluding carboxylic acids is 4. The van der Waals surface area contributed by atoms with Crippen molar-refractivity contribution < 1.29 is 34.2 Å². The van der Waals surface area contributed by atoms with Gasteiger partial charge in [0.1, 0.15) is 0 Å². The molecule has 3 fully saturated rings. The van der Waals surface area contributed by atoms with Gasteiger partial charge in [0, 0.05) is 5.92 Å². The average Bonchev–Trinajstić information content (AvgIpc) is 3.13. The molecule has 2 aliphatic carbocycles. The molecule has 6 atom stereocenters. The predicted octanol–water partition coefficient (Wildman–Crippen LogP) is 3.26. The lowest BCUT2D eigenvalue weighted by atomic mass is 9.56. The lowest BCUT2D eigenvalue weighted by Crippen LogP contribution is -2.60. The quantitative estimate of drug-likeness (QED) is 0.169. The van der Waals surface area contributed by atoms with E-state index in [-0.39, 0.29) is 39.3 Å². The number of aromatic hydroxyl groups is 1. The van der Waals surface area contributed by atoms with Crippen LogP contribution in [0.15, 0.2) is 28.3 Å². The van der Waals surface area contributed by atoms with E-state index in [1.165, 1.54) is 13.2 Å². The molecule has 0 unspecified atom stereocenters. The number of likely N-dealkylation sites (tertiary alicyclic amines) is 1. The maximum atomic E-state index is 13.6. The van der Waals surface area contributed by atoms with Crippen LogP contribution in [0.1, 0.15) is 24.3 Å². The minimum atomic E-state index is -1.97. The molecule has 9 nitrogen and oxygen atoms in total. The fourth-order valence-corrected chi connectivity index (χ4v) is 7.91. The second-order valence-electron chi connectivity index (χ2n) is 9.03. The van der Waals surface area contributed by atoms with Gasteiger partial charge in [-0.15, -0.1) is 23.2 Å². The van der Waals surface area contributed by atoms with Crippen molar-refractivity contribution in [3.63, 3.8) is 0 Å². The number of carbonyl (C=O) groups is 4. The first kappa shape index (κ1) is 25.0. The number of ether oxygens (including phenoxy) is 1. The molecule has 2 N–H and O–H groups in total. The van der Waals surface area contributed by atoms with E-state index in [4.69, 9.17) is 27.9 Å². The summed E-state index contributed by atoms with van der Waals surface area (Å²) in [6.07, 6.45) is 1.69. The fraction of sp³-hybridized carbons (Fsp3) is 0.455. The molecule has 1 saturated carbocycles. The second kappa shape index (κ2) is 8.17. The summed E-state index contributed by atoms with van der Waals surface area (Å²) in [5, 5.41) is 20.5. The second-order valence-corrected chi connectivity index (χ2v) is 11.6. The topological polar surface area (TPSA) is 124 Å². The maximum Gasteiger partial charge on any atom is 0.257 e. The molecule has 1 aromatic carbocycles.